The minimum atomic E-state index is -0.200. The van der Waals surface area contributed by atoms with E-state index >= 15 is 0 Å². The lowest BCUT2D eigenvalue weighted by Crippen LogP contribution is -2.08. The van der Waals surface area contributed by atoms with E-state index < -0.39 is 0 Å². The maximum absolute atomic E-state index is 11.7. The highest BCUT2D eigenvalue weighted by Crippen LogP contribution is 2.13. The Hall–Kier alpha value is -2.80. The van der Waals surface area contributed by atoms with Crippen molar-refractivity contribution < 1.29 is 14.3 Å². The number of nitriles is 1. The van der Waals surface area contributed by atoms with Gasteiger partial charge in [0.2, 0.25) is 0 Å². The summed E-state index contributed by atoms with van der Waals surface area (Å²) in [5.74, 6) is 0.605. The van der Waals surface area contributed by atoms with E-state index in [0.29, 0.717) is 31.4 Å². The zero-order valence-electron chi connectivity index (χ0n) is 13.1. The number of ether oxygens (including phenoxy) is 2. The second kappa shape index (κ2) is 8.60. The normalized spacial score (nSPS) is 9.91. The Morgan fingerprint density at radius 3 is 2.22 bits per heavy atom. The van der Waals surface area contributed by atoms with Crippen LogP contribution in [0.4, 0.5) is 0 Å². The molecular formula is C19H19NO3. The average molecular weight is 309 g/mol. The lowest BCUT2D eigenvalue weighted by molar-refractivity contribution is -0.143. The van der Waals surface area contributed by atoms with Gasteiger partial charge in [-0.15, -0.1) is 0 Å². The lowest BCUT2D eigenvalue weighted by Gasteiger charge is -2.06. The second-order valence-corrected chi connectivity index (χ2v) is 5.13. The smallest absolute Gasteiger partial charge is 0.306 e. The first-order valence-electron chi connectivity index (χ1n) is 7.49. The first kappa shape index (κ1) is 16.6. The molecule has 118 valence electrons. The van der Waals surface area contributed by atoms with Crippen LogP contribution in [0.25, 0.3) is 0 Å². The van der Waals surface area contributed by atoms with Crippen molar-refractivity contribution in [3.8, 4) is 11.8 Å². The van der Waals surface area contributed by atoms with Crippen molar-refractivity contribution in [2.75, 3.05) is 13.7 Å². The van der Waals surface area contributed by atoms with Crippen molar-refractivity contribution in [3.05, 3.63) is 65.2 Å². The van der Waals surface area contributed by atoms with Crippen LogP contribution in [0.1, 0.15) is 23.1 Å². The Bertz CT molecular complexity index is 669. The first-order valence-corrected chi connectivity index (χ1v) is 7.49. The third-order valence-corrected chi connectivity index (χ3v) is 3.51. The molecule has 2 rings (SSSR count). The number of benzene rings is 2. The maximum Gasteiger partial charge on any atom is 0.306 e. The summed E-state index contributed by atoms with van der Waals surface area (Å²) in [5.41, 5.74) is 2.76. The van der Waals surface area contributed by atoms with Crippen molar-refractivity contribution in [2.24, 2.45) is 0 Å². The molecule has 0 aliphatic rings. The predicted octanol–water partition coefficient (Wildman–Crippen LogP) is 3.29. The van der Waals surface area contributed by atoms with Crippen LogP contribution in [0, 0.1) is 11.3 Å². The molecule has 0 aliphatic heterocycles. The number of carbonyl (C=O) groups excluding carboxylic acids is 1. The minimum Gasteiger partial charge on any atom is -0.497 e. The van der Waals surface area contributed by atoms with Crippen LogP contribution in [-0.4, -0.2) is 19.7 Å². The molecule has 2 aromatic carbocycles. The van der Waals surface area contributed by atoms with Crippen molar-refractivity contribution in [3.63, 3.8) is 0 Å². The molecule has 0 radical (unpaired) electrons. The van der Waals surface area contributed by atoms with Crippen molar-refractivity contribution in [1.82, 2.24) is 0 Å². The van der Waals surface area contributed by atoms with E-state index in [9.17, 15) is 4.79 Å². The van der Waals surface area contributed by atoms with E-state index in [0.717, 1.165) is 16.9 Å². The van der Waals surface area contributed by atoms with E-state index in [1.54, 1.807) is 19.2 Å². The van der Waals surface area contributed by atoms with Crippen LogP contribution in [-0.2, 0) is 22.4 Å². The van der Waals surface area contributed by atoms with Crippen molar-refractivity contribution >= 4 is 5.97 Å². The summed E-state index contributed by atoms with van der Waals surface area (Å²) >= 11 is 0. The fraction of sp³-hybridized carbons (Fsp3) is 0.263. The van der Waals surface area contributed by atoms with Crippen LogP contribution in [0.5, 0.6) is 5.75 Å². The van der Waals surface area contributed by atoms with E-state index in [1.807, 2.05) is 36.4 Å². The third-order valence-electron chi connectivity index (χ3n) is 3.51. The number of methoxy groups -OCH3 is 1. The molecule has 0 heterocycles. The van der Waals surface area contributed by atoms with Gasteiger partial charge in [-0.3, -0.25) is 4.79 Å². The Kier molecular flexibility index (Phi) is 6.19. The molecule has 0 fully saturated rings. The summed E-state index contributed by atoms with van der Waals surface area (Å²) in [6, 6.07) is 17.0. The van der Waals surface area contributed by atoms with Crippen LogP contribution < -0.4 is 4.74 Å². The predicted molar refractivity (Wildman–Crippen MR) is 87.1 cm³/mol. The molecule has 0 atom stereocenters. The number of nitrogens with zero attached hydrogens (tertiary/aromatic N) is 1. The number of aryl methyl sites for hydroxylation is 1. The molecule has 0 saturated carbocycles. The highest BCUT2D eigenvalue weighted by molar-refractivity contribution is 5.69. The van der Waals surface area contributed by atoms with Gasteiger partial charge in [0.05, 0.1) is 25.3 Å². The number of hydrogen-bond donors (Lipinski definition) is 0. The Balaban J connectivity index is 1.69. The van der Waals surface area contributed by atoms with Gasteiger partial charge in [-0.25, -0.2) is 0 Å². The van der Waals surface area contributed by atoms with Crippen LogP contribution in [0.3, 0.4) is 0 Å². The molecule has 23 heavy (non-hydrogen) atoms. The summed E-state index contributed by atoms with van der Waals surface area (Å²) in [6.45, 7) is 0.355. The first-order chi connectivity index (χ1) is 11.2. The molecule has 0 aliphatic carbocycles. The van der Waals surface area contributed by atoms with Crippen LogP contribution in [0.15, 0.2) is 48.5 Å². The highest BCUT2D eigenvalue weighted by Gasteiger charge is 2.04. The Morgan fingerprint density at radius 2 is 1.61 bits per heavy atom. The van der Waals surface area contributed by atoms with Crippen LogP contribution in [0.2, 0.25) is 0 Å². The summed E-state index contributed by atoms with van der Waals surface area (Å²) in [4.78, 5) is 11.7. The molecule has 0 amide bonds. The topological polar surface area (TPSA) is 59.3 Å². The summed E-state index contributed by atoms with van der Waals surface area (Å²) in [6.07, 6.45) is 1.67. The lowest BCUT2D eigenvalue weighted by atomic mass is 10.1. The number of hydrogen-bond acceptors (Lipinski definition) is 4. The largest absolute Gasteiger partial charge is 0.497 e. The molecule has 0 N–H and O–H groups in total. The maximum atomic E-state index is 11.7. The number of esters is 1. The minimum absolute atomic E-state index is 0.200. The van der Waals surface area contributed by atoms with E-state index in [1.165, 1.54) is 0 Å². The number of rotatable bonds is 7. The Morgan fingerprint density at radius 1 is 1.00 bits per heavy atom. The van der Waals surface area contributed by atoms with Crippen molar-refractivity contribution in [1.29, 1.82) is 5.26 Å². The van der Waals surface area contributed by atoms with Gasteiger partial charge in [0.25, 0.3) is 0 Å². The van der Waals surface area contributed by atoms with Gasteiger partial charge in [0.1, 0.15) is 5.75 Å². The van der Waals surface area contributed by atoms with E-state index in [4.69, 9.17) is 14.7 Å². The van der Waals surface area contributed by atoms with Gasteiger partial charge >= 0.3 is 5.97 Å². The molecule has 4 nitrogen and oxygen atoms in total. The van der Waals surface area contributed by atoms with Gasteiger partial charge in [0, 0.05) is 12.8 Å². The average Bonchev–Trinajstić information content (AvgIpc) is 2.61. The second-order valence-electron chi connectivity index (χ2n) is 5.13. The Labute approximate surface area is 136 Å². The van der Waals surface area contributed by atoms with Crippen LogP contribution >= 0.6 is 0 Å². The monoisotopic (exact) mass is 309 g/mol. The molecule has 0 spiro atoms. The summed E-state index contributed by atoms with van der Waals surface area (Å²) in [7, 11) is 1.63. The van der Waals surface area contributed by atoms with E-state index in [-0.39, 0.29) is 5.97 Å². The quantitative estimate of drug-likeness (QED) is 0.736. The molecule has 0 unspecified atom stereocenters. The fourth-order valence-corrected chi connectivity index (χ4v) is 2.14. The van der Waals surface area contributed by atoms with Gasteiger partial charge in [-0.05, 0) is 41.8 Å². The summed E-state index contributed by atoms with van der Waals surface area (Å²) in [5, 5.41) is 8.73. The molecular weight excluding hydrogens is 290 g/mol. The standard InChI is InChI=1S/C19H19NO3/c1-22-18-9-6-15(7-10-18)8-11-19(21)23-13-12-16-2-4-17(14-20)5-3-16/h2-7,9-10H,8,11-13H2,1H3. The highest BCUT2D eigenvalue weighted by atomic mass is 16.5. The van der Waals surface area contributed by atoms with Gasteiger partial charge in [-0.1, -0.05) is 24.3 Å². The summed E-state index contributed by atoms with van der Waals surface area (Å²) < 4.78 is 10.3. The molecule has 0 bridgehead atoms. The third kappa shape index (κ3) is 5.48. The fourth-order valence-electron chi connectivity index (χ4n) is 2.14. The SMILES string of the molecule is COc1ccc(CCC(=O)OCCc2ccc(C#N)cc2)cc1. The molecule has 4 heteroatoms. The molecule has 0 saturated heterocycles. The van der Waals surface area contributed by atoms with Gasteiger partial charge < -0.3 is 9.47 Å². The zero-order chi connectivity index (χ0) is 16.5. The molecule has 0 aromatic heterocycles. The van der Waals surface area contributed by atoms with Crippen molar-refractivity contribution in [2.45, 2.75) is 19.3 Å². The van der Waals surface area contributed by atoms with E-state index in [2.05, 4.69) is 6.07 Å². The molecule has 2 aromatic rings. The van der Waals surface area contributed by atoms with Gasteiger partial charge in [-0.2, -0.15) is 5.26 Å². The van der Waals surface area contributed by atoms with Gasteiger partial charge in [0.15, 0.2) is 0 Å². The number of carbonyl (C=O) groups is 1. The zero-order valence-corrected chi connectivity index (χ0v) is 13.1.